The van der Waals surface area contributed by atoms with Gasteiger partial charge in [-0.2, -0.15) is 0 Å². The van der Waals surface area contributed by atoms with Gasteiger partial charge in [0.2, 0.25) is 0 Å². The lowest BCUT2D eigenvalue weighted by molar-refractivity contribution is -0.126. The molecule has 3 N–H and O–H groups in total. The summed E-state index contributed by atoms with van der Waals surface area (Å²) >= 11 is 1.20. The third-order valence-electron chi connectivity index (χ3n) is 4.31. The molecule has 1 aliphatic rings. The largest absolute Gasteiger partial charge is 0.535 e. The maximum absolute atomic E-state index is 13.0. The fourth-order valence-electron chi connectivity index (χ4n) is 2.76. The number of aliphatic imine (C=N–C) groups is 1. The number of oxime groups is 1. The van der Waals surface area contributed by atoms with Gasteiger partial charge in [0.05, 0.1) is 18.7 Å². The highest BCUT2D eigenvalue weighted by molar-refractivity contribution is 8.16. The van der Waals surface area contributed by atoms with Gasteiger partial charge in [-0.3, -0.25) is 15.4 Å². The number of ether oxygens (including phenoxy) is 2. The summed E-state index contributed by atoms with van der Waals surface area (Å²) in [6, 6.07) is 2.15. The Balaban J connectivity index is 2.17. The molecule has 0 unspecified atom stereocenters. The van der Waals surface area contributed by atoms with Crippen LogP contribution in [0.1, 0.15) is 45.4 Å². The van der Waals surface area contributed by atoms with E-state index >= 15 is 0 Å². The lowest BCUT2D eigenvalue weighted by Gasteiger charge is -2.24. The van der Waals surface area contributed by atoms with Crippen molar-refractivity contribution in [3.8, 4) is 5.75 Å². The number of hydrogen-bond acceptors (Lipinski definition) is 11. The first-order valence-electron chi connectivity index (χ1n) is 10.3. The molecule has 1 amide bonds. The molecular weight excluding hydrogens is 452 g/mol. The molecule has 12 heteroatoms. The highest BCUT2D eigenvalue weighted by atomic mass is 32.2. The summed E-state index contributed by atoms with van der Waals surface area (Å²) in [6.45, 7) is 9.07. The summed E-state index contributed by atoms with van der Waals surface area (Å²) in [5, 5.41) is 6.84. The van der Waals surface area contributed by atoms with Gasteiger partial charge in [0.1, 0.15) is 28.9 Å². The van der Waals surface area contributed by atoms with Crippen LogP contribution < -0.4 is 21.4 Å². The van der Waals surface area contributed by atoms with E-state index in [0.717, 1.165) is 0 Å². The van der Waals surface area contributed by atoms with E-state index in [1.54, 1.807) is 26.0 Å². The SMILES string of the molecule is C=CCOc1cc([C@@H](CCC)NC(=O)[C@]2(N)CSC(/C(C)=N/OC(=O)OCC)=N2)oc(=O)c1. The second-order valence-corrected chi connectivity index (χ2v) is 7.97. The molecule has 0 aliphatic carbocycles. The lowest BCUT2D eigenvalue weighted by atomic mass is 10.1. The second kappa shape index (κ2) is 12.2. The van der Waals surface area contributed by atoms with Crippen molar-refractivity contribution in [2.75, 3.05) is 19.0 Å². The molecule has 0 saturated heterocycles. The predicted octanol–water partition coefficient (Wildman–Crippen LogP) is 2.51. The monoisotopic (exact) mass is 480 g/mol. The van der Waals surface area contributed by atoms with Gasteiger partial charge in [-0.25, -0.2) is 14.6 Å². The van der Waals surface area contributed by atoms with Crippen molar-refractivity contribution in [3.63, 3.8) is 0 Å². The number of amides is 1. The molecule has 0 bridgehead atoms. The number of rotatable bonds is 11. The van der Waals surface area contributed by atoms with Crippen molar-refractivity contribution in [2.24, 2.45) is 15.9 Å². The van der Waals surface area contributed by atoms with Gasteiger partial charge in [0, 0.05) is 11.8 Å². The first-order valence-corrected chi connectivity index (χ1v) is 11.3. The molecule has 0 fully saturated rings. The van der Waals surface area contributed by atoms with E-state index in [1.165, 1.54) is 17.8 Å². The normalized spacial score (nSPS) is 18.8. The Bertz CT molecular complexity index is 991. The molecule has 2 heterocycles. The molecule has 0 spiro atoms. The van der Waals surface area contributed by atoms with Gasteiger partial charge in [-0.1, -0.05) is 31.2 Å². The molecule has 1 aromatic rings. The molecule has 0 aromatic carbocycles. The quantitative estimate of drug-likeness (QED) is 0.160. The van der Waals surface area contributed by atoms with E-state index in [2.05, 4.69) is 31.6 Å². The van der Waals surface area contributed by atoms with Crippen molar-refractivity contribution in [1.82, 2.24) is 5.32 Å². The van der Waals surface area contributed by atoms with E-state index in [1.807, 2.05) is 6.92 Å². The third-order valence-corrected chi connectivity index (χ3v) is 5.55. The number of nitrogens with two attached hydrogens (primary N) is 1. The number of thioether (sulfide) groups is 1. The average Bonchev–Trinajstić information content (AvgIpc) is 3.19. The summed E-state index contributed by atoms with van der Waals surface area (Å²) in [7, 11) is 0. The Morgan fingerprint density at radius 3 is 2.88 bits per heavy atom. The summed E-state index contributed by atoms with van der Waals surface area (Å²) in [6.07, 6.45) is 1.80. The summed E-state index contributed by atoms with van der Waals surface area (Å²) < 4.78 is 15.4. The lowest BCUT2D eigenvalue weighted by Crippen LogP contribution is -2.54. The van der Waals surface area contributed by atoms with Crippen molar-refractivity contribution < 1.29 is 28.3 Å². The topological polar surface area (TPSA) is 155 Å². The van der Waals surface area contributed by atoms with Crippen molar-refractivity contribution in [1.29, 1.82) is 0 Å². The van der Waals surface area contributed by atoms with Gasteiger partial charge in [-0.05, 0) is 20.3 Å². The number of hydrogen-bond donors (Lipinski definition) is 2. The zero-order valence-electron chi connectivity index (χ0n) is 18.8. The Kier molecular flexibility index (Phi) is 9.67. The van der Waals surface area contributed by atoms with Crippen molar-refractivity contribution in [3.05, 3.63) is 41.0 Å². The highest BCUT2D eigenvalue weighted by Gasteiger charge is 2.41. The van der Waals surface area contributed by atoms with Crippen LogP contribution in [0, 0.1) is 0 Å². The molecule has 0 saturated carbocycles. The molecule has 11 nitrogen and oxygen atoms in total. The first-order chi connectivity index (χ1) is 15.7. The zero-order valence-corrected chi connectivity index (χ0v) is 19.6. The standard InChI is InChI=1S/C21H28N4O7S/c1-5-8-15(16-10-14(30-9-6-2)11-17(26)31-16)23-19(27)21(22)12-33-18(24-21)13(4)25-32-20(28)29-7-3/h6,10-11,15H,2,5,7-9,12,22H2,1,3-4H3,(H,23,27)/b25-13+/t15-,21+/m1/s1. The Morgan fingerprint density at radius 2 is 2.21 bits per heavy atom. The van der Waals surface area contributed by atoms with Crippen LogP contribution in [-0.4, -0.2) is 47.4 Å². The minimum atomic E-state index is -1.58. The number of carbonyl (C=O) groups excluding carboxylic acids is 2. The van der Waals surface area contributed by atoms with Gasteiger partial charge < -0.3 is 19.2 Å². The van der Waals surface area contributed by atoms with Crippen LogP contribution in [0.5, 0.6) is 5.75 Å². The van der Waals surface area contributed by atoms with Crippen LogP contribution >= 0.6 is 11.8 Å². The van der Waals surface area contributed by atoms with Gasteiger partial charge in [-0.15, -0.1) is 11.8 Å². The molecule has 0 radical (unpaired) electrons. The minimum Gasteiger partial charge on any atom is -0.489 e. The maximum atomic E-state index is 13.0. The average molecular weight is 481 g/mol. The van der Waals surface area contributed by atoms with Crippen LogP contribution in [0.25, 0.3) is 0 Å². The smallest absolute Gasteiger partial charge is 0.489 e. The van der Waals surface area contributed by atoms with E-state index in [-0.39, 0.29) is 30.4 Å². The predicted molar refractivity (Wildman–Crippen MR) is 124 cm³/mol. The third kappa shape index (κ3) is 7.46. The molecule has 2 rings (SSSR count). The van der Waals surface area contributed by atoms with E-state index < -0.39 is 29.4 Å². The van der Waals surface area contributed by atoms with Gasteiger partial charge in [0.15, 0.2) is 5.66 Å². The maximum Gasteiger partial charge on any atom is 0.535 e. The van der Waals surface area contributed by atoms with Crippen LogP contribution in [0.15, 0.2) is 44.1 Å². The number of nitrogens with zero attached hydrogens (tertiary/aromatic N) is 2. The summed E-state index contributed by atoms with van der Waals surface area (Å²) in [5.41, 5.74) is 4.34. The van der Waals surface area contributed by atoms with Crippen molar-refractivity contribution >= 4 is 34.6 Å². The highest BCUT2D eigenvalue weighted by Crippen LogP contribution is 2.27. The van der Waals surface area contributed by atoms with Crippen LogP contribution in [0.2, 0.25) is 0 Å². The van der Waals surface area contributed by atoms with E-state index in [0.29, 0.717) is 23.6 Å². The van der Waals surface area contributed by atoms with Crippen LogP contribution in [0.4, 0.5) is 4.79 Å². The van der Waals surface area contributed by atoms with Gasteiger partial charge in [0.25, 0.3) is 5.91 Å². The molecule has 1 aliphatic heterocycles. The first kappa shape index (κ1) is 26.1. The second-order valence-electron chi connectivity index (χ2n) is 7.01. The fourth-order valence-corrected chi connectivity index (χ4v) is 3.78. The fraction of sp³-hybridized carbons (Fsp3) is 0.476. The van der Waals surface area contributed by atoms with Crippen LogP contribution in [0.3, 0.4) is 0 Å². The Labute approximate surface area is 195 Å². The molecule has 2 atom stereocenters. The number of nitrogens with one attached hydrogen (secondary N) is 1. The van der Waals surface area contributed by atoms with Crippen molar-refractivity contribution in [2.45, 2.75) is 45.3 Å². The number of carbonyl (C=O) groups is 2. The zero-order chi connectivity index (χ0) is 24.4. The van der Waals surface area contributed by atoms with Gasteiger partial charge >= 0.3 is 11.8 Å². The Hall–Kier alpha value is -3.12. The van der Waals surface area contributed by atoms with E-state index in [4.69, 9.17) is 14.9 Å². The minimum absolute atomic E-state index is 0.145. The molecule has 33 heavy (non-hydrogen) atoms. The summed E-state index contributed by atoms with van der Waals surface area (Å²) in [4.78, 5) is 45.2. The molecule has 1 aromatic heterocycles. The summed E-state index contributed by atoms with van der Waals surface area (Å²) in [5.74, 6) is 0.147. The Morgan fingerprint density at radius 1 is 1.45 bits per heavy atom. The molecular formula is C21H28N4O7S. The molecule has 180 valence electrons. The van der Waals surface area contributed by atoms with Crippen LogP contribution in [-0.2, 0) is 14.4 Å². The van der Waals surface area contributed by atoms with E-state index in [9.17, 15) is 14.4 Å².